The van der Waals surface area contributed by atoms with Crippen LogP contribution >= 0.6 is 11.3 Å². The van der Waals surface area contributed by atoms with E-state index < -0.39 is 5.97 Å². The molecule has 1 aliphatic carbocycles. The van der Waals surface area contributed by atoms with Gasteiger partial charge in [-0.3, -0.25) is 0 Å². The molecular weight excluding hydrogens is 306 g/mol. The summed E-state index contributed by atoms with van der Waals surface area (Å²) in [6, 6.07) is 10.4. The molecule has 1 fully saturated rings. The molecule has 118 valence electrons. The van der Waals surface area contributed by atoms with Crippen molar-refractivity contribution in [1.29, 1.82) is 5.26 Å². The van der Waals surface area contributed by atoms with Crippen molar-refractivity contribution in [3.63, 3.8) is 0 Å². The molecule has 1 N–H and O–H groups in total. The summed E-state index contributed by atoms with van der Waals surface area (Å²) in [7, 11) is 0. The second kappa shape index (κ2) is 6.55. The number of aryl methyl sites for hydroxylation is 1. The van der Waals surface area contributed by atoms with Crippen LogP contribution in [0.2, 0.25) is 0 Å². The number of hydrogen-bond acceptors (Lipinski definition) is 3. The van der Waals surface area contributed by atoms with Gasteiger partial charge in [-0.05, 0) is 36.3 Å². The first-order valence-electron chi connectivity index (χ1n) is 8.05. The van der Waals surface area contributed by atoms with Crippen molar-refractivity contribution in [1.82, 2.24) is 0 Å². The highest BCUT2D eigenvalue weighted by Crippen LogP contribution is 2.39. The summed E-state index contributed by atoms with van der Waals surface area (Å²) in [5.41, 5.74) is 3.26. The molecule has 0 unspecified atom stereocenters. The first-order valence-corrected chi connectivity index (χ1v) is 8.86. The Labute approximate surface area is 140 Å². The van der Waals surface area contributed by atoms with Crippen molar-refractivity contribution in [3.05, 3.63) is 45.1 Å². The Morgan fingerprint density at radius 3 is 2.48 bits per heavy atom. The molecule has 0 bridgehead atoms. The zero-order chi connectivity index (χ0) is 16.4. The largest absolute Gasteiger partial charge is 0.477 e. The van der Waals surface area contributed by atoms with Gasteiger partial charge in [-0.25, -0.2) is 4.79 Å². The number of nitrogens with zero attached hydrogens (tertiary/aromatic N) is 1. The molecule has 0 saturated heterocycles. The van der Waals surface area contributed by atoms with E-state index in [4.69, 9.17) is 0 Å². The van der Waals surface area contributed by atoms with Gasteiger partial charge in [0.1, 0.15) is 10.9 Å². The van der Waals surface area contributed by atoms with Gasteiger partial charge in [-0.1, -0.05) is 44.0 Å². The number of rotatable bonds is 4. The third-order valence-corrected chi connectivity index (χ3v) is 5.96. The van der Waals surface area contributed by atoms with Gasteiger partial charge in [0.15, 0.2) is 0 Å². The van der Waals surface area contributed by atoms with Crippen molar-refractivity contribution >= 4 is 17.3 Å². The maximum absolute atomic E-state index is 11.6. The van der Waals surface area contributed by atoms with Crippen LogP contribution in [-0.4, -0.2) is 11.1 Å². The average Bonchev–Trinajstić information content (AvgIpc) is 3.22. The minimum absolute atomic E-state index is 0.270. The van der Waals surface area contributed by atoms with Crippen molar-refractivity contribution in [2.75, 3.05) is 0 Å². The fraction of sp³-hybridized carbons (Fsp3) is 0.368. The summed E-state index contributed by atoms with van der Waals surface area (Å²) in [6.45, 7) is 1.95. The van der Waals surface area contributed by atoms with Crippen molar-refractivity contribution < 1.29 is 9.90 Å². The topological polar surface area (TPSA) is 61.1 Å². The Hall–Kier alpha value is -2.12. The minimum atomic E-state index is -0.957. The van der Waals surface area contributed by atoms with Gasteiger partial charge in [0.25, 0.3) is 0 Å². The molecule has 3 rings (SSSR count). The number of carboxylic acids is 1. The van der Waals surface area contributed by atoms with E-state index in [2.05, 4.69) is 18.2 Å². The first kappa shape index (κ1) is 15.8. The Morgan fingerprint density at radius 2 is 1.96 bits per heavy atom. The zero-order valence-corrected chi connectivity index (χ0v) is 13.9. The molecule has 0 spiro atoms. The fourth-order valence-corrected chi connectivity index (χ4v) is 4.50. The molecule has 2 aromatic rings. The van der Waals surface area contributed by atoms with E-state index in [1.54, 1.807) is 0 Å². The third kappa shape index (κ3) is 2.89. The highest BCUT2D eigenvalue weighted by atomic mass is 32.1. The van der Waals surface area contributed by atoms with Crippen LogP contribution in [0.3, 0.4) is 0 Å². The van der Waals surface area contributed by atoms with Crippen LogP contribution in [-0.2, 0) is 6.42 Å². The molecule has 4 heteroatoms. The summed E-state index contributed by atoms with van der Waals surface area (Å²) >= 11 is 1.22. The van der Waals surface area contributed by atoms with E-state index in [9.17, 15) is 15.2 Å². The molecule has 3 nitrogen and oxygen atoms in total. The highest BCUT2D eigenvalue weighted by molar-refractivity contribution is 7.14. The molecule has 0 atom stereocenters. The van der Waals surface area contributed by atoms with Crippen LogP contribution in [0.5, 0.6) is 0 Å². The molecule has 1 heterocycles. The number of aromatic carboxylic acids is 1. The fourth-order valence-electron chi connectivity index (χ4n) is 3.45. The SMILES string of the molecule is CCc1sc(C(=O)O)c(-c2ccc(C3CCCC3)cc2)c1C#N. The van der Waals surface area contributed by atoms with Gasteiger partial charge in [0.2, 0.25) is 0 Å². The molecule has 1 aromatic heterocycles. The first-order chi connectivity index (χ1) is 11.2. The molecule has 1 aromatic carbocycles. The zero-order valence-electron chi connectivity index (χ0n) is 13.1. The van der Waals surface area contributed by atoms with Gasteiger partial charge >= 0.3 is 5.97 Å². The molecule has 23 heavy (non-hydrogen) atoms. The van der Waals surface area contributed by atoms with Crippen LogP contribution in [0, 0.1) is 11.3 Å². The number of nitriles is 1. The molecule has 1 saturated carbocycles. The quantitative estimate of drug-likeness (QED) is 0.840. The van der Waals surface area contributed by atoms with Crippen LogP contribution in [0.1, 0.15) is 64.2 Å². The molecule has 1 aliphatic rings. The van der Waals surface area contributed by atoms with E-state index in [1.165, 1.54) is 42.6 Å². The lowest BCUT2D eigenvalue weighted by atomic mass is 9.94. The van der Waals surface area contributed by atoms with Crippen LogP contribution in [0.4, 0.5) is 0 Å². The minimum Gasteiger partial charge on any atom is -0.477 e. The van der Waals surface area contributed by atoms with E-state index in [1.807, 2.05) is 19.1 Å². The predicted octanol–water partition coefficient (Wildman–Crippen LogP) is 5.20. The Bertz CT molecular complexity index is 762. The van der Waals surface area contributed by atoms with Crippen LogP contribution < -0.4 is 0 Å². The van der Waals surface area contributed by atoms with Crippen molar-refractivity contribution in [2.24, 2.45) is 0 Å². The highest BCUT2D eigenvalue weighted by Gasteiger charge is 2.23. The number of benzene rings is 1. The van der Waals surface area contributed by atoms with Crippen molar-refractivity contribution in [2.45, 2.75) is 44.9 Å². The maximum atomic E-state index is 11.6. The average molecular weight is 325 g/mol. The van der Waals surface area contributed by atoms with E-state index in [0.717, 1.165) is 10.4 Å². The summed E-state index contributed by atoms with van der Waals surface area (Å²) < 4.78 is 0. The van der Waals surface area contributed by atoms with Gasteiger partial charge in [0, 0.05) is 10.4 Å². The van der Waals surface area contributed by atoms with E-state index in [0.29, 0.717) is 23.5 Å². The second-order valence-corrected chi connectivity index (χ2v) is 7.08. The number of thiophene rings is 1. The van der Waals surface area contributed by atoms with Crippen LogP contribution in [0.25, 0.3) is 11.1 Å². The van der Waals surface area contributed by atoms with Crippen molar-refractivity contribution in [3.8, 4) is 17.2 Å². The standard InChI is InChI=1S/C19H19NO2S/c1-2-16-15(11-20)17(18(23-16)19(21)22)14-9-7-13(8-10-14)12-5-3-4-6-12/h7-10,12H,2-6H2,1H3,(H,21,22). The Morgan fingerprint density at radius 1 is 1.30 bits per heavy atom. The maximum Gasteiger partial charge on any atom is 0.346 e. The summed E-state index contributed by atoms with van der Waals surface area (Å²) in [4.78, 5) is 12.7. The Kier molecular flexibility index (Phi) is 4.49. The lowest BCUT2D eigenvalue weighted by molar-refractivity contribution is 0.0703. The summed E-state index contributed by atoms with van der Waals surface area (Å²) in [5, 5.41) is 19.0. The number of hydrogen-bond donors (Lipinski definition) is 1. The Balaban J connectivity index is 2.05. The van der Waals surface area contributed by atoms with E-state index in [-0.39, 0.29) is 4.88 Å². The number of carboxylic acid groups (broad SMARTS) is 1. The van der Waals surface area contributed by atoms with E-state index >= 15 is 0 Å². The molecule has 0 radical (unpaired) electrons. The number of carbonyl (C=O) groups is 1. The smallest absolute Gasteiger partial charge is 0.346 e. The molecule has 0 aliphatic heterocycles. The van der Waals surface area contributed by atoms with Gasteiger partial charge in [0.05, 0.1) is 5.56 Å². The van der Waals surface area contributed by atoms with Gasteiger partial charge < -0.3 is 5.11 Å². The molecule has 0 amide bonds. The van der Waals surface area contributed by atoms with Crippen LogP contribution in [0.15, 0.2) is 24.3 Å². The normalized spacial score (nSPS) is 14.8. The summed E-state index contributed by atoms with van der Waals surface area (Å²) in [5.74, 6) is -0.326. The van der Waals surface area contributed by atoms with Gasteiger partial charge in [-0.15, -0.1) is 11.3 Å². The molecular formula is C19H19NO2S. The second-order valence-electron chi connectivity index (χ2n) is 5.98. The third-order valence-electron chi connectivity index (χ3n) is 4.63. The predicted molar refractivity (Wildman–Crippen MR) is 92.0 cm³/mol. The summed E-state index contributed by atoms with van der Waals surface area (Å²) in [6.07, 6.45) is 5.73. The monoisotopic (exact) mass is 325 g/mol. The lowest BCUT2D eigenvalue weighted by Gasteiger charge is -2.10. The lowest BCUT2D eigenvalue weighted by Crippen LogP contribution is -1.97. The van der Waals surface area contributed by atoms with Gasteiger partial charge in [-0.2, -0.15) is 5.26 Å².